The van der Waals surface area contributed by atoms with Gasteiger partial charge in [0.2, 0.25) is 5.82 Å². The number of nitrogens with one attached hydrogen (secondary N) is 3. The molecule has 0 fully saturated rings. The molecule has 0 saturated carbocycles. The summed E-state index contributed by atoms with van der Waals surface area (Å²) in [6, 6.07) is 10.7. The van der Waals surface area contributed by atoms with E-state index in [2.05, 4.69) is 35.5 Å². The molecule has 32 heavy (non-hydrogen) atoms. The molecule has 2 aromatic heterocycles. The number of benzene rings is 1. The highest BCUT2D eigenvalue weighted by Crippen LogP contribution is 2.16. The second-order valence-corrected chi connectivity index (χ2v) is 6.61. The number of rotatable bonds is 9. The van der Waals surface area contributed by atoms with Gasteiger partial charge in [-0.2, -0.15) is 18.3 Å². The summed E-state index contributed by atoms with van der Waals surface area (Å²) in [6.45, 7) is -0.244. The molecule has 0 radical (unpaired) electrons. The summed E-state index contributed by atoms with van der Waals surface area (Å²) in [4.78, 5) is 8.55. The summed E-state index contributed by atoms with van der Waals surface area (Å²) >= 11 is 0. The Morgan fingerprint density at radius 3 is 2.56 bits per heavy atom. The van der Waals surface area contributed by atoms with E-state index in [4.69, 9.17) is 4.42 Å². The van der Waals surface area contributed by atoms with Crippen LogP contribution in [-0.4, -0.2) is 47.5 Å². The van der Waals surface area contributed by atoms with Crippen LogP contribution in [0.4, 0.5) is 13.2 Å². The van der Waals surface area contributed by atoms with E-state index in [1.54, 1.807) is 37.6 Å². The van der Waals surface area contributed by atoms with Gasteiger partial charge in [-0.1, -0.05) is 24.3 Å². The van der Waals surface area contributed by atoms with E-state index >= 15 is 0 Å². The van der Waals surface area contributed by atoms with E-state index < -0.39 is 12.8 Å². The Morgan fingerprint density at radius 1 is 1.16 bits per heavy atom. The lowest BCUT2D eigenvalue weighted by Gasteiger charge is -2.12. The van der Waals surface area contributed by atoms with Gasteiger partial charge in [-0.05, 0) is 23.3 Å². The van der Waals surface area contributed by atoms with E-state index in [0.717, 1.165) is 11.4 Å². The Labute approximate surface area is 200 Å². The van der Waals surface area contributed by atoms with Gasteiger partial charge >= 0.3 is 6.18 Å². The van der Waals surface area contributed by atoms with Crippen molar-refractivity contribution in [2.24, 2.45) is 4.99 Å². The molecule has 12 heteroatoms. The Morgan fingerprint density at radius 2 is 1.91 bits per heavy atom. The fourth-order valence-electron chi connectivity index (χ4n) is 2.67. The number of halogens is 4. The number of alkyl halides is 3. The highest BCUT2D eigenvalue weighted by Gasteiger charge is 2.27. The average molecular weight is 564 g/mol. The van der Waals surface area contributed by atoms with Crippen molar-refractivity contribution in [3.05, 3.63) is 59.6 Å². The minimum absolute atomic E-state index is 0. The molecule has 0 bridgehead atoms. The first-order valence-electron chi connectivity index (χ1n) is 9.55. The molecular formula is C20H24F3IN6O2. The van der Waals surface area contributed by atoms with Crippen LogP contribution < -0.4 is 10.6 Å². The third-order valence-electron chi connectivity index (χ3n) is 4.17. The van der Waals surface area contributed by atoms with Crippen molar-refractivity contribution in [3.63, 3.8) is 0 Å². The van der Waals surface area contributed by atoms with Crippen LogP contribution in [0.5, 0.6) is 0 Å². The van der Waals surface area contributed by atoms with E-state index in [-0.39, 0.29) is 30.6 Å². The normalized spacial score (nSPS) is 11.8. The number of aromatic nitrogens is 3. The van der Waals surface area contributed by atoms with Crippen molar-refractivity contribution in [2.75, 3.05) is 20.2 Å². The van der Waals surface area contributed by atoms with Crippen LogP contribution in [0.25, 0.3) is 11.6 Å². The van der Waals surface area contributed by atoms with Gasteiger partial charge in [0.15, 0.2) is 11.7 Å². The van der Waals surface area contributed by atoms with Crippen LogP contribution in [0, 0.1) is 0 Å². The highest BCUT2D eigenvalue weighted by molar-refractivity contribution is 14.0. The molecule has 8 nitrogen and oxygen atoms in total. The van der Waals surface area contributed by atoms with Crippen molar-refractivity contribution in [2.45, 2.75) is 25.7 Å². The highest BCUT2D eigenvalue weighted by atomic mass is 127. The lowest BCUT2D eigenvalue weighted by atomic mass is 10.1. The van der Waals surface area contributed by atoms with Crippen molar-refractivity contribution in [1.82, 2.24) is 25.8 Å². The summed E-state index contributed by atoms with van der Waals surface area (Å²) in [6.07, 6.45) is -2.14. The largest absolute Gasteiger partial charge is 0.461 e. The molecule has 0 atom stereocenters. The minimum atomic E-state index is -4.32. The lowest BCUT2D eigenvalue weighted by Crippen LogP contribution is -2.37. The minimum Gasteiger partial charge on any atom is -0.461 e. The zero-order chi connectivity index (χ0) is 22.1. The Balaban J connectivity index is 0.00000363. The van der Waals surface area contributed by atoms with Crippen molar-refractivity contribution < 1.29 is 22.3 Å². The lowest BCUT2D eigenvalue weighted by molar-refractivity contribution is -0.176. The van der Waals surface area contributed by atoms with E-state index in [1.165, 1.54) is 0 Å². The predicted octanol–water partition coefficient (Wildman–Crippen LogP) is 3.67. The molecule has 0 aliphatic rings. The molecule has 0 aliphatic heterocycles. The SMILES string of the molecule is CN=C(NCCc1nc(-c2ccco2)n[nH]1)NCc1ccc(COCC(F)(F)F)cc1.I. The quantitative estimate of drug-likeness (QED) is 0.209. The Hall–Kier alpha value is -2.61. The van der Waals surface area contributed by atoms with Gasteiger partial charge in [0, 0.05) is 26.6 Å². The van der Waals surface area contributed by atoms with Crippen molar-refractivity contribution in [1.29, 1.82) is 0 Å². The molecule has 2 heterocycles. The number of furan rings is 1. The molecule has 1 aromatic carbocycles. The first-order chi connectivity index (χ1) is 14.9. The third kappa shape index (κ3) is 8.49. The van der Waals surface area contributed by atoms with Gasteiger partial charge in [0.25, 0.3) is 0 Å². The van der Waals surface area contributed by atoms with Crippen LogP contribution in [0.15, 0.2) is 52.1 Å². The first-order valence-corrected chi connectivity index (χ1v) is 9.55. The predicted molar refractivity (Wildman–Crippen MR) is 124 cm³/mol. The summed E-state index contributed by atoms with van der Waals surface area (Å²) < 4.78 is 46.3. The number of H-pyrrole nitrogens is 1. The van der Waals surface area contributed by atoms with Gasteiger partial charge < -0.3 is 19.8 Å². The van der Waals surface area contributed by atoms with Crippen molar-refractivity contribution >= 4 is 29.9 Å². The number of guanidine groups is 1. The molecule has 0 unspecified atom stereocenters. The first kappa shape index (κ1) is 25.6. The van der Waals surface area contributed by atoms with Crippen LogP contribution in [0.2, 0.25) is 0 Å². The number of hydrogen-bond donors (Lipinski definition) is 3. The molecule has 3 rings (SSSR count). The monoisotopic (exact) mass is 564 g/mol. The maximum atomic E-state index is 12.1. The molecule has 0 spiro atoms. The van der Waals surface area contributed by atoms with Gasteiger partial charge in [-0.3, -0.25) is 10.1 Å². The maximum absolute atomic E-state index is 12.1. The van der Waals surface area contributed by atoms with E-state index in [0.29, 0.717) is 42.6 Å². The number of aliphatic imine (C=N–C) groups is 1. The number of hydrogen-bond acceptors (Lipinski definition) is 5. The van der Waals surface area contributed by atoms with Gasteiger partial charge in [-0.15, -0.1) is 24.0 Å². The summed E-state index contributed by atoms with van der Waals surface area (Å²) in [7, 11) is 1.67. The molecule has 0 amide bonds. The average Bonchev–Trinajstić information content (AvgIpc) is 3.42. The second kappa shape index (κ2) is 12.4. The molecule has 0 aliphatic carbocycles. The van der Waals surface area contributed by atoms with Crippen LogP contribution >= 0.6 is 24.0 Å². The maximum Gasteiger partial charge on any atom is 0.411 e. The van der Waals surface area contributed by atoms with Gasteiger partial charge in [-0.25, -0.2) is 4.98 Å². The summed E-state index contributed by atoms with van der Waals surface area (Å²) in [5.74, 6) is 2.45. The van der Waals surface area contributed by atoms with E-state index in [1.807, 2.05) is 12.1 Å². The zero-order valence-corrected chi connectivity index (χ0v) is 19.6. The van der Waals surface area contributed by atoms with Crippen LogP contribution in [-0.2, 0) is 24.3 Å². The van der Waals surface area contributed by atoms with E-state index in [9.17, 15) is 13.2 Å². The molecule has 3 aromatic rings. The van der Waals surface area contributed by atoms with Crippen molar-refractivity contribution in [3.8, 4) is 11.6 Å². The zero-order valence-electron chi connectivity index (χ0n) is 17.3. The fourth-order valence-corrected chi connectivity index (χ4v) is 2.67. The molecule has 0 saturated heterocycles. The van der Waals surface area contributed by atoms with Crippen LogP contribution in [0.3, 0.4) is 0 Å². The summed E-state index contributed by atoms with van der Waals surface area (Å²) in [5.41, 5.74) is 1.64. The topological polar surface area (TPSA) is 100 Å². The third-order valence-corrected chi connectivity index (χ3v) is 4.17. The Bertz CT molecular complexity index is 959. The number of ether oxygens (including phenoxy) is 1. The second-order valence-electron chi connectivity index (χ2n) is 6.61. The van der Waals surface area contributed by atoms with Crippen LogP contribution in [0.1, 0.15) is 17.0 Å². The standard InChI is InChI=1S/C20H23F3N6O2.HI/c1-24-19(25-9-8-17-27-18(29-28-17)16-3-2-10-31-16)26-11-14-4-6-15(7-5-14)12-30-13-20(21,22)23;/h2-7,10H,8-9,11-13H2,1H3,(H2,24,25,26)(H,27,28,29);1H. The number of aromatic amines is 1. The fraction of sp³-hybridized carbons (Fsp3) is 0.350. The molecule has 174 valence electrons. The molecular weight excluding hydrogens is 540 g/mol. The van der Waals surface area contributed by atoms with Gasteiger partial charge in [0.05, 0.1) is 12.9 Å². The summed E-state index contributed by atoms with van der Waals surface area (Å²) in [5, 5.41) is 13.4. The Kier molecular flexibility index (Phi) is 9.97. The molecule has 3 N–H and O–H groups in total. The number of nitrogens with zero attached hydrogens (tertiary/aromatic N) is 3. The van der Waals surface area contributed by atoms with Gasteiger partial charge in [0.1, 0.15) is 12.4 Å². The smallest absolute Gasteiger partial charge is 0.411 e.